The van der Waals surface area contributed by atoms with E-state index < -0.39 is 0 Å². The van der Waals surface area contributed by atoms with Gasteiger partial charge in [-0.2, -0.15) is 9.61 Å². The van der Waals surface area contributed by atoms with Crippen LogP contribution in [0.3, 0.4) is 0 Å². The monoisotopic (exact) mass is 401 g/mol. The average Bonchev–Trinajstić information content (AvgIpc) is 3.19. The van der Waals surface area contributed by atoms with Crippen molar-refractivity contribution in [1.29, 1.82) is 0 Å². The minimum Gasteiger partial charge on any atom is -0.495 e. The third kappa shape index (κ3) is 3.26. The van der Waals surface area contributed by atoms with Crippen LogP contribution >= 0.6 is 0 Å². The lowest BCUT2D eigenvalue weighted by atomic mass is 10.1. The summed E-state index contributed by atoms with van der Waals surface area (Å²) in [5, 5.41) is 16.3. The Morgan fingerprint density at radius 3 is 2.87 bits per heavy atom. The van der Waals surface area contributed by atoms with Crippen molar-refractivity contribution in [2.45, 2.75) is 6.54 Å². The first-order valence-corrected chi connectivity index (χ1v) is 9.21. The molecule has 30 heavy (non-hydrogen) atoms. The number of fused-ring (bicyclic) bond motifs is 2. The predicted molar refractivity (Wildman–Crippen MR) is 110 cm³/mol. The number of hydrogen-bond acceptors (Lipinski definition) is 7. The Morgan fingerprint density at radius 2 is 2.00 bits per heavy atom. The average molecular weight is 401 g/mol. The van der Waals surface area contributed by atoms with Gasteiger partial charge in [0.15, 0.2) is 11.5 Å². The molecule has 9 heteroatoms. The van der Waals surface area contributed by atoms with Gasteiger partial charge in [0.25, 0.3) is 0 Å². The Labute approximate surface area is 170 Å². The Bertz CT molecular complexity index is 1370. The van der Waals surface area contributed by atoms with Crippen molar-refractivity contribution in [2.75, 3.05) is 12.4 Å². The van der Waals surface area contributed by atoms with Crippen LogP contribution in [-0.4, -0.2) is 36.9 Å². The number of methoxy groups -OCH3 is 1. The number of rotatable bonds is 5. The molecule has 0 aliphatic heterocycles. The molecule has 0 amide bonds. The van der Waals surface area contributed by atoms with Gasteiger partial charge in [0, 0.05) is 17.8 Å². The van der Waals surface area contributed by atoms with Gasteiger partial charge in [0.05, 0.1) is 36.7 Å². The zero-order valence-electron chi connectivity index (χ0n) is 16.0. The summed E-state index contributed by atoms with van der Waals surface area (Å²) in [4.78, 5) is 8.77. The molecule has 0 unspecified atom stereocenters. The van der Waals surface area contributed by atoms with E-state index in [2.05, 4.69) is 30.6 Å². The molecule has 0 saturated heterocycles. The van der Waals surface area contributed by atoms with Gasteiger partial charge in [-0.25, -0.2) is 9.37 Å². The molecular formula is C21H16FN7O. The molecule has 5 aromatic rings. The largest absolute Gasteiger partial charge is 0.495 e. The highest BCUT2D eigenvalue weighted by Crippen LogP contribution is 2.23. The molecular weight excluding hydrogens is 385 g/mol. The molecule has 0 atom stereocenters. The highest BCUT2D eigenvalue weighted by atomic mass is 19.1. The highest BCUT2D eigenvalue weighted by Gasteiger charge is 2.11. The lowest BCUT2D eigenvalue weighted by Crippen LogP contribution is -2.07. The quantitative estimate of drug-likeness (QED) is 0.482. The molecule has 1 aromatic carbocycles. The smallest absolute Gasteiger partial charge is 0.178 e. The zero-order valence-corrected chi connectivity index (χ0v) is 16.0. The molecule has 0 bridgehead atoms. The summed E-state index contributed by atoms with van der Waals surface area (Å²) in [7, 11) is 1.59. The van der Waals surface area contributed by atoms with Crippen LogP contribution in [0.15, 0.2) is 60.9 Å². The summed E-state index contributed by atoms with van der Waals surface area (Å²) in [5.74, 6) is 0.945. The van der Waals surface area contributed by atoms with Gasteiger partial charge in [-0.15, -0.1) is 10.2 Å². The molecule has 0 aliphatic carbocycles. The Kier molecular flexibility index (Phi) is 4.40. The summed E-state index contributed by atoms with van der Waals surface area (Å²) in [6.45, 7) is 0.369. The number of ether oxygens (including phenoxy) is 1. The molecule has 4 aromatic heterocycles. The van der Waals surface area contributed by atoms with Crippen molar-refractivity contribution < 1.29 is 9.13 Å². The Balaban J connectivity index is 1.46. The minimum atomic E-state index is -0.311. The van der Waals surface area contributed by atoms with E-state index in [4.69, 9.17) is 4.74 Å². The molecule has 4 heterocycles. The van der Waals surface area contributed by atoms with Crippen LogP contribution < -0.4 is 10.1 Å². The SMILES string of the molecule is COc1cnc2c(NCc3nnc4ccc(-c5cccc(F)c5)nn34)ccnc2c1. The van der Waals surface area contributed by atoms with Crippen molar-refractivity contribution in [1.82, 2.24) is 29.8 Å². The number of nitrogens with zero attached hydrogens (tertiary/aromatic N) is 6. The van der Waals surface area contributed by atoms with Crippen LogP contribution in [0.2, 0.25) is 0 Å². The maximum atomic E-state index is 13.6. The number of halogens is 1. The predicted octanol–water partition coefficient (Wildman–Crippen LogP) is 3.49. The molecule has 1 N–H and O–H groups in total. The van der Waals surface area contributed by atoms with Gasteiger partial charge in [0.2, 0.25) is 0 Å². The summed E-state index contributed by atoms with van der Waals surface area (Å²) < 4.78 is 20.4. The molecule has 0 spiro atoms. The normalized spacial score (nSPS) is 11.1. The fourth-order valence-electron chi connectivity index (χ4n) is 3.19. The number of aromatic nitrogens is 6. The first kappa shape index (κ1) is 17.9. The first-order chi connectivity index (χ1) is 14.7. The van der Waals surface area contributed by atoms with Crippen LogP contribution in [0.25, 0.3) is 27.9 Å². The zero-order chi connectivity index (χ0) is 20.5. The van der Waals surface area contributed by atoms with Gasteiger partial charge >= 0.3 is 0 Å². The topological polar surface area (TPSA) is 90.1 Å². The van der Waals surface area contributed by atoms with Crippen LogP contribution in [0.4, 0.5) is 10.1 Å². The minimum absolute atomic E-state index is 0.311. The third-order valence-corrected chi connectivity index (χ3v) is 4.67. The standard InChI is InChI=1S/C21H16FN7O/c1-30-15-10-18-21(25-11-15)17(7-8-23-18)24-12-20-27-26-19-6-5-16(28-29(19)20)13-3-2-4-14(22)9-13/h2-11H,12H2,1H3,(H,23,24). The van der Waals surface area contributed by atoms with Crippen molar-refractivity contribution in [3.05, 3.63) is 72.6 Å². The first-order valence-electron chi connectivity index (χ1n) is 9.21. The maximum Gasteiger partial charge on any atom is 0.178 e. The van der Waals surface area contributed by atoms with Crippen molar-refractivity contribution in [2.24, 2.45) is 0 Å². The summed E-state index contributed by atoms with van der Waals surface area (Å²) >= 11 is 0. The second-order valence-electron chi connectivity index (χ2n) is 6.57. The second kappa shape index (κ2) is 7.36. The number of benzene rings is 1. The van der Waals surface area contributed by atoms with Crippen LogP contribution in [-0.2, 0) is 6.54 Å². The lowest BCUT2D eigenvalue weighted by molar-refractivity contribution is 0.413. The third-order valence-electron chi connectivity index (χ3n) is 4.67. The van der Waals surface area contributed by atoms with Gasteiger partial charge < -0.3 is 10.1 Å². The number of hydrogen-bond donors (Lipinski definition) is 1. The number of pyridine rings is 2. The molecule has 0 aliphatic rings. The summed E-state index contributed by atoms with van der Waals surface area (Å²) in [5.41, 5.74) is 4.17. The van der Waals surface area contributed by atoms with Crippen molar-refractivity contribution in [3.63, 3.8) is 0 Å². The van der Waals surface area contributed by atoms with E-state index in [0.717, 1.165) is 16.7 Å². The van der Waals surface area contributed by atoms with Crippen molar-refractivity contribution in [3.8, 4) is 17.0 Å². The summed E-state index contributed by atoms with van der Waals surface area (Å²) in [6.07, 6.45) is 3.35. The number of nitrogens with one attached hydrogen (secondary N) is 1. The van der Waals surface area contributed by atoms with Gasteiger partial charge in [-0.05, 0) is 30.3 Å². The maximum absolute atomic E-state index is 13.6. The fourth-order valence-corrected chi connectivity index (χ4v) is 3.19. The Hall–Kier alpha value is -4.14. The molecule has 5 rings (SSSR count). The van der Waals surface area contributed by atoms with E-state index in [9.17, 15) is 4.39 Å². The molecule has 148 valence electrons. The summed E-state index contributed by atoms with van der Waals surface area (Å²) in [6, 6.07) is 13.6. The van der Waals surface area contributed by atoms with Gasteiger partial charge in [-0.1, -0.05) is 12.1 Å². The van der Waals surface area contributed by atoms with Crippen LogP contribution in [0, 0.1) is 5.82 Å². The van der Waals surface area contributed by atoms with Crippen LogP contribution in [0.1, 0.15) is 5.82 Å². The van der Waals surface area contributed by atoms with Crippen LogP contribution in [0.5, 0.6) is 5.75 Å². The highest BCUT2D eigenvalue weighted by molar-refractivity contribution is 5.87. The van der Waals surface area contributed by atoms with E-state index in [1.165, 1.54) is 12.1 Å². The Morgan fingerprint density at radius 1 is 1.07 bits per heavy atom. The number of anilines is 1. The van der Waals surface area contributed by atoms with E-state index in [-0.39, 0.29) is 5.82 Å². The molecule has 0 saturated carbocycles. The van der Waals surface area contributed by atoms with E-state index >= 15 is 0 Å². The molecule has 8 nitrogen and oxygen atoms in total. The fraction of sp³-hybridized carbons (Fsp3) is 0.0952. The molecule has 0 fully saturated rings. The van der Waals surface area contributed by atoms with Gasteiger partial charge in [-0.3, -0.25) is 4.98 Å². The van der Waals surface area contributed by atoms with E-state index in [1.807, 2.05) is 18.2 Å². The van der Waals surface area contributed by atoms with E-state index in [1.54, 1.807) is 42.2 Å². The second-order valence-corrected chi connectivity index (χ2v) is 6.57. The lowest BCUT2D eigenvalue weighted by Gasteiger charge is -2.09. The van der Waals surface area contributed by atoms with Gasteiger partial charge in [0.1, 0.15) is 17.1 Å². The molecule has 0 radical (unpaired) electrons. The van der Waals surface area contributed by atoms with E-state index in [0.29, 0.717) is 35.0 Å². The van der Waals surface area contributed by atoms with Crippen molar-refractivity contribution >= 4 is 22.4 Å².